The van der Waals surface area contributed by atoms with Crippen LogP contribution in [-0.4, -0.2) is 37.5 Å². The van der Waals surface area contributed by atoms with Gasteiger partial charge in [0.25, 0.3) is 0 Å². The molecule has 3 heteroatoms. The summed E-state index contributed by atoms with van der Waals surface area (Å²) in [5.41, 5.74) is 0. The number of piperidine rings is 1. The van der Waals surface area contributed by atoms with E-state index in [-0.39, 0.29) is 0 Å². The van der Waals surface area contributed by atoms with Crippen molar-refractivity contribution in [2.75, 3.05) is 26.2 Å². The van der Waals surface area contributed by atoms with E-state index in [1.54, 1.807) is 0 Å². The molecule has 0 amide bonds. The van der Waals surface area contributed by atoms with Crippen molar-refractivity contribution >= 4 is 6.40 Å². The molecule has 0 aromatic rings. The standard InChI is InChI=1S/C9H18N2O/c1-2-11-5-3-4-9(6-11)7-12-8-10/h8-10H,2-7H2,1H3. The number of nitrogens with zero attached hydrogens (tertiary/aromatic N) is 1. The highest BCUT2D eigenvalue weighted by atomic mass is 16.5. The molecule has 0 aromatic carbocycles. The molecular weight excluding hydrogens is 152 g/mol. The highest BCUT2D eigenvalue weighted by Gasteiger charge is 2.18. The van der Waals surface area contributed by atoms with E-state index in [0.717, 1.165) is 26.1 Å². The van der Waals surface area contributed by atoms with Crippen LogP contribution < -0.4 is 0 Å². The molecule has 0 aromatic heterocycles. The van der Waals surface area contributed by atoms with Crippen LogP contribution in [0.25, 0.3) is 0 Å². The second-order valence-corrected chi connectivity index (χ2v) is 3.35. The van der Waals surface area contributed by atoms with E-state index in [2.05, 4.69) is 11.8 Å². The second kappa shape index (κ2) is 5.14. The first-order chi connectivity index (χ1) is 5.86. The molecular formula is C9H18N2O. The van der Waals surface area contributed by atoms with Crippen molar-refractivity contribution in [2.45, 2.75) is 19.8 Å². The molecule has 0 spiro atoms. The van der Waals surface area contributed by atoms with Gasteiger partial charge >= 0.3 is 0 Å². The lowest BCUT2D eigenvalue weighted by molar-refractivity contribution is 0.133. The van der Waals surface area contributed by atoms with Gasteiger partial charge in [-0.2, -0.15) is 0 Å². The van der Waals surface area contributed by atoms with Crippen molar-refractivity contribution in [3.63, 3.8) is 0 Å². The average Bonchev–Trinajstić information content (AvgIpc) is 2.15. The van der Waals surface area contributed by atoms with Crippen molar-refractivity contribution in [1.82, 2.24) is 4.90 Å². The normalized spacial score (nSPS) is 25.2. The molecule has 70 valence electrons. The van der Waals surface area contributed by atoms with E-state index in [4.69, 9.17) is 10.1 Å². The molecule has 1 aliphatic rings. The zero-order valence-electron chi connectivity index (χ0n) is 7.75. The highest BCUT2D eigenvalue weighted by Crippen LogP contribution is 2.15. The van der Waals surface area contributed by atoms with E-state index in [1.807, 2.05) is 0 Å². The van der Waals surface area contributed by atoms with E-state index in [0.29, 0.717) is 5.92 Å². The summed E-state index contributed by atoms with van der Waals surface area (Å²) in [6.07, 6.45) is 3.58. The van der Waals surface area contributed by atoms with Gasteiger partial charge in [-0.25, -0.2) is 0 Å². The number of hydrogen-bond donors (Lipinski definition) is 1. The Kier molecular flexibility index (Phi) is 4.08. The summed E-state index contributed by atoms with van der Waals surface area (Å²) < 4.78 is 4.98. The number of nitrogens with one attached hydrogen (secondary N) is 1. The molecule has 12 heavy (non-hydrogen) atoms. The zero-order chi connectivity index (χ0) is 8.81. The van der Waals surface area contributed by atoms with Crippen LogP contribution in [0.1, 0.15) is 19.8 Å². The van der Waals surface area contributed by atoms with Gasteiger partial charge in [0.15, 0.2) is 6.40 Å². The molecule has 1 unspecified atom stereocenters. The van der Waals surface area contributed by atoms with Gasteiger partial charge in [-0.05, 0) is 25.9 Å². The molecule has 1 N–H and O–H groups in total. The van der Waals surface area contributed by atoms with Crippen LogP contribution >= 0.6 is 0 Å². The molecule has 1 atom stereocenters. The van der Waals surface area contributed by atoms with Gasteiger partial charge in [0.1, 0.15) is 0 Å². The van der Waals surface area contributed by atoms with Crippen molar-refractivity contribution in [3.8, 4) is 0 Å². The number of rotatable bonds is 4. The number of ether oxygens (including phenoxy) is 1. The lowest BCUT2D eigenvalue weighted by atomic mass is 9.99. The number of likely N-dealkylation sites (tertiary alicyclic amines) is 1. The third-order valence-corrected chi connectivity index (χ3v) is 2.47. The Morgan fingerprint density at radius 2 is 2.50 bits per heavy atom. The van der Waals surface area contributed by atoms with Crippen LogP contribution in [0.15, 0.2) is 0 Å². The Morgan fingerprint density at radius 3 is 3.17 bits per heavy atom. The third kappa shape index (κ3) is 2.81. The summed E-state index contributed by atoms with van der Waals surface area (Å²) in [5.74, 6) is 0.639. The molecule has 1 saturated heterocycles. The Labute approximate surface area is 74.2 Å². The Hall–Kier alpha value is -0.570. The fraction of sp³-hybridized carbons (Fsp3) is 0.889. The maximum absolute atomic E-state index is 6.76. The van der Waals surface area contributed by atoms with Crippen LogP contribution in [0.3, 0.4) is 0 Å². The third-order valence-electron chi connectivity index (χ3n) is 2.47. The highest BCUT2D eigenvalue weighted by molar-refractivity contribution is 5.40. The summed E-state index contributed by atoms with van der Waals surface area (Å²) in [6, 6.07) is 0. The van der Waals surface area contributed by atoms with Gasteiger partial charge in [0.05, 0.1) is 6.61 Å². The predicted octanol–water partition coefficient (Wildman–Crippen LogP) is 1.34. The summed E-state index contributed by atoms with van der Waals surface area (Å²) in [7, 11) is 0. The molecule has 3 nitrogen and oxygen atoms in total. The van der Waals surface area contributed by atoms with Gasteiger partial charge in [-0.1, -0.05) is 6.92 Å². The predicted molar refractivity (Wildman–Crippen MR) is 49.6 cm³/mol. The van der Waals surface area contributed by atoms with Gasteiger partial charge in [0, 0.05) is 12.5 Å². The van der Waals surface area contributed by atoms with Crippen LogP contribution in [0.2, 0.25) is 0 Å². The summed E-state index contributed by atoms with van der Waals surface area (Å²) in [6.45, 7) is 6.43. The van der Waals surface area contributed by atoms with Crippen LogP contribution in [0, 0.1) is 11.3 Å². The lowest BCUT2D eigenvalue weighted by Gasteiger charge is -2.31. The smallest absolute Gasteiger partial charge is 0.166 e. The maximum atomic E-state index is 6.76. The van der Waals surface area contributed by atoms with Crippen LogP contribution in [0.4, 0.5) is 0 Å². The molecule has 0 radical (unpaired) electrons. The first kappa shape index (κ1) is 9.52. The molecule has 1 fully saturated rings. The maximum Gasteiger partial charge on any atom is 0.166 e. The van der Waals surface area contributed by atoms with Crippen molar-refractivity contribution in [2.24, 2.45) is 5.92 Å². The largest absolute Gasteiger partial charge is 0.483 e. The molecule has 1 aliphatic heterocycles. The molecule has 0 saturated carbocycles. The quantitative estimate of drug-likeness (QED) is 0.510. The SMILES string of the molecule is CCN1CCCC(COC=N)C1. The van der Waals surface area contributed by atoms with E-state index in [1.165, 1.54) is 19.4 Å². The van der Waals surface area contributed by atoms with Gasteiger partial charge in [0.2, 0.25) is 0 Å². The van der Waals surface area contributed by atoms with Gasteiger partial charge in [-0.15, -0.1) is 0 Å². The van der Waals surface area contributed by atoms with Crippen molar-refractivity contribution < 1.29 is 4.74 Å². The Bertz CT molecular complexity index is 138. The minimum Gasteiger partial charge on any atom is -0.483 e. The monoisotopic (exact) mass is 170 g/mol. The second-order valence-electron chi connectivity index (χ2n) is 3.35. The molecule has 1 rings (SSSR count). The van der Waals surface area contributed by atoms with E-state index < -0.39 is 0 Å². The Balaban J connectivity index is 2.20. The van der Waals surface area contributed by atoms with Crippen molar-refractivity contribution in [1.29, 1.82) is 5.41 Å². The van der Waals surface area contributed by atoms with Crippen LogP contribution in [-0.2, 0) is 4.74 Å². The lowest BCUT2D eigenvalue weighted by Crippen LogP contribution is -2.36. The average molecular weight is 170 g/mol. The molecule has 1 heterocycles. The minimum absolute atomic E-state index is 0.639. The fourth-order valence-corrected chi connectivity index (χ4v) is 1.76. The first-order valence-electron chi connectivity index (χ1n) is 4.69. The topological polar surface area (TPSA) is 36.3 Å². The Morgan fingerprint density at radius 1 is 1.67 bits per heavy atom. The molecule has 0 aliphatic carbocycles. The summed E-state index contributed by atoms with van der Waals surface area (Å²) in [5, 5.41) is 6.76. The van der Waals surface area contributed by atoms with E-state index in [9.17, 15) is 0 Å². The number of hydrogen-bond acceptors (Lipinski definition) is 3. The summed E-state index contributed by atoms with van der Waals surface area (Å²) >= 11 is 0. The van der Waals surface area contributed by atoms with Crippen LogP contribution in [0.5, 0.6) is 0 Å². The van der Waals surface area contributed by atoms with E-state index >= 15 is 0 Å². The molecule has 0 bridgehead atoms. The summed E-state index contributed by atoms with van der Waals surface area (Å²) in [4.78, 5) is 2.45. The van der Waals surface area contributed by atoms with Gasteiger partial charge in [-0.3, -0.25) is 5.41 Å². The first-order valence-corrected chi connectivity index (χ1v) is 4.69. The fourth-order valence-electron chi connectivity index (χ4n) is 1.76. The zero-order valence-corrected chi connectivity index (χ0v) is 7.75. The van der Waals surface area contributed by atoms with Crippen molar-refractivity contribution in [3.05, 3.63) is 0 Å². The van der Waals surface area contributed by atoms with Gasteiger partial charge < -0.3 is 9.64 Å². The minimum atomic E-state index is 0.639.